The number of aliphatic hydroxyl groups is 1. The molecule has 0 radical (unpaired) electrons. The van der Waals surface area contributed by atoms with Crippen LogP contribution in [0.25, 0.3) is 0 Å². The average molecular weight is 201 g/mol. The summed E-state index contributed by atoms with van der Waals surface area (Å²) in [6.07, 6.45) is -0.514. The van der Waals surface area contributed by atoms with Crippen molar-refractivity contribution in [1.82, 2.24) is 0 Å². The lowest BCUT2D eigenvalue weighted by molar-refractivity contribution is 0.122. The van der Waals surface area contributed by atoms with E-state index < -0.39 is 6.10 Å². The molecule has 3 N–H and O–H groups in total. The van der Waals surface area contributed by atoms with Crippen LogP contribution in [0.3, 0.4) is 0 Å². The Balaban J connectivity index is 2.81. The maximum Gasteiger partial charge on any atom is 0.135 e. The highest BCUT2D eigenvalue weighted by molar-refractivity contribution is 7.10. The first-order chi connectivity index (χ1) is 6.20. The van der Waals surface area contributed by atoms with Gasteiger partial charge in [0.25, 0.3) is 0 Å². The molecule has 4 heteroatoms. The van der Waals surface area contributed by atoms with Crippen molar-refractivity contribution in [2.45, 2.75) is 13.0 Å². The van der Waals surface area contributed by atoms with Gasteiger partial charge < -0.3 is 15.6 Å². The number of methoxy groups -OCH3 is 1. The van der Waals surface area contributed by atoms with Gasteiger partial charge in [-0.2, -0.15) is 0 Å². The predicted molar refractivity (Wildman–Crippen MR) is 54.0 cm³/mol. The summed E-state index contributed by atoms with van der Waals surface area (Å²) in [4.78, 5) is 0.862. The van der Waals surface area contributed by atoms with Gasteiger partial charge in [-0.05, 0) is 23.9 Å². The Morgan fingerprint density at radius 1 is 1.69 bits per heavy atom. The van der Waals surface area contributed by atoms with Crippen LogP contribution in [0.5, 0.6) is 5.75 Å². The monoisotopic (exact) mass is 201 g/mol. The van der Waals surface area contributed by atoms with Crippen molar-refractivity contribution in [1.29, 1.82) is 0 Å². The Morgan fingerprint density at radius 2 is 2.38 bits per heavy atom. The summed E-state index contributed by atoms with van der Waals surface area (Å²) in [6.45, 7) is 2.39. The molecule has 3 nitrogen and oxygen atoms in total. The molecule has 0 fully saturated rings. The third kappa shape index (κ3) is 2.21. The third-order valence-electron chi connectivity index (χ3n) is 2.06. The molecule has 0 spiro atoms. The van der Waals surface area contributed by atoms with E-state index in [2.05, 4.69) is 0 Å². The lowest BCUT2D eigenvalue weighted by Gasteiger charge is -2.16. The van der Waals surface area contributed by atoms with Crippen LogP contribution in [-0.4, -0.2) is 18.8 Å². The van der Waals surface area contributed by atoms with Crippen molar-refractivity contribution in [3.8, 4) is 5.75 Å². The molecule has 0 aliphatic carbocycles. The number of rotatable bonds is 4. The van der Waals surface area contributed by atoms with Crippen LogP contribution >= 0.6 is 11.3 Å². The topological polar surface area (TPSA) is 55.5 Å². The summed E-state index contributed by atoms with van der Waals surface area (Å²) in [5.74, 6) is 0.811. The standard InChI is InChI=1S/C9H15NO2S/c1-6(5-10)8(11)9-7(12-2)3-4-13-9/h3-4,6,8,11H,5,10H2,1-2H3. The maximum absolute atomic E-state index is 9.84. The van der Waals surface area contributed by atoms with Gasteiger partial charge in [0.15, 0.2) is 0 Å². The summed E-state index contributed by atoms with van der Waals surface area (Å²) in [5.41, 5.74) is 5.47. The minimum atomic E-state index is -0.514. The lowest BCUT2D eigenvalue weighted by atomic mass is 10.0. The zero-order chi connectivity index (χ0) is 9.84. The van der Waals surface area contributed by atoms with E-state index in [0.717, 1.165) is 10.6 Å². The summed E-state index contributed by atoms with van der Waals surface area (Å²) < 4.78 is 5.11. The Hall–Kier alpha value is -0.580. The van der Waals surface area contributed by atoms with Gasteiger partial charge in [-0.3, -0.25) is 0 Å². The fourth-order valence-corrected chi connectivity index (χ4v) is 2.06. The van der Waals surface area contributed by atoms with E-state index in [1.165, 1.54) is 11.3 Å². The van der Waals surface area contributed by atoms with E-state index in [1.54, 1.807) is 7.11 Å². The van der Waals surface area contributed by atoms with Crippen LogP contribution in [-0.2, 0) is 0 Å². The molecule has 0 bridgehead atoms. The summed E-state index contributed by atoms with van der Waals surface area (Å²) >= 11 is 1.50. The number of hydrogen-bond donors (Lipinski definition) is 2. The van der Waals surface area contributed by atoms with Crippen LogP contribution in [0.4, 0.5) is 0 Å². The van der Waals surface area contributed by atoms with Crippen LogP contribution in [0.1, 0.15) is 17.9 Å². The van der Waals surface area contributed by atoms with Gasteiger partial charge in [0.1, 0.15) is 5.75 Å². The van der Waals surface area contributed by atoms with Gasteiger partial charge in [0.2, 0.25) is 0 Å². The highest BCUT2D eigenvalue weighted by Gasteiger charge is 2.19. The molecule has 1 aromatic rings. The van der Waals surface area contributed by atoms with Crippen molar-refractivity contribution in [3.05, 3.63) is 16.3 Å². The summed E-state index contributed by atoms with van der Waals surface area (Å²) in [7, 11) is 1.60. The minimum Gasteiger partial charge on any atom is -0.495 e. The smallest absolute Gasteiger partial charge is 0.135 e. The van der Waals surface area contributed by atoms with Crippen molar-refractivity contribution in [2.24, 2.45) is 11.7 Å². The first-order valence-electron chi connectivity index (χ1n) is 4.20. The second kappa shape index (κ2) is 4.60. The van der Waals surface area contributed by atoms with Gasteiger partial charge in [0.05, 0.1) is 18.1 Å². The van der Waals surface area contributed by atoms with Crippen LogP contribution in [0.2, 0.25) is 0 Å². The molecule has 1 rings (SSSR count). The molecule has 1 aromatic heterocycles. The quantitative estimate of drug-likeness (QED) is 0.774. The normalized spacial score (nSPS) is 15.4. The Labute approximate surface area is 82.1 Å². The molecule has 0 aliphatic rings. The van der Waals surface area contributed by atoms with Crippen LogP contribution in [0.15, 0.2) is 11.4 Å². The van der Waals surface area contributed by atoms with Gasteiger partial charge in [-0.25, -0.2) is 0 Å². The number of ether oxygens (including phenoxy) is 1. The van der Waals surface area contributed by atoms with Gasteiger partial charge >= 0.3 is 0 Å². The molecular formula is C9H15NO2S. The molecule has 13 heavy (non-hydrogen) atoms. The van der Waals surface area contributed by atoms with E-state index >= 15 is 0 Å². The average Bonchev–Trinajstić information content (AvgIpc) is 2.62. The molecular weight excluding hydrogens is 186 g/mol. The second-order valence-electron chi connectivity index (χ2n) is 3.01. The number of nitrogens with two attached hydrogens (primary N) is 1. The largest absolute Gasteiger partial charge is 0.495 e. The molecule has 74 valence electrons. The van der Waals surface area contributed by atoms with Crippen LogP contribution < -0.4 is 10.5 Å². The summed E-state index contributed by atoms with van der Waals surface area (Å²) in [6, 6.07) is 1.85. The maximum atomic E-state index is 9.84. The molecule has 0 saturated heterocycles. The second-order valence-corrected chi connectivity index (χ2v) is 3.96. The van der Waals surface area contributed by atoms with Crippen LogP contribution in [0, 0.1) is 5.92 Å². The zero-order valence-corrected chi connectivity index (χ0v) is 8.67. The minimum absolute atomic E-state index is 0.0625. The molecule has 0 aliphatic heterocycles. The fourth-order valence-electron chi connectivity index (χ4n) is 1.08. The Bertz CT molecular complexity index is 262. The van der Waals surface area contributed by atoms with E-state index in [4.69, 9.17) is 10.5 Å². The number of thiophene rings is 1. The van der Waals surface area contributed by atoms with E-state index in [1.807, 2.05) is 18.4 Å². The number of hydrogen-bond acceptors (Lipinski definition) is 4. The number of aliphatic hydroxyl groups excluding tert-OH is 1. The SMILES string of the molecule is COc1ccsc1C(O)C(C)CN. The third-order valence-corrected chi connectivity index (χ3v) is 3.03. The molecule has 0 amide bonds. The predicted octanol–water partition coefficient (Wildman–Crippen LogP) is 1.38. The van der Waals surface area contributed by atoms with E-state index in [0.29, 0.717) is 6.54 Å². The van der Waals surface area contributed by atoms with Crippen molar-refractivity contribution in [3.63, 3.8) is 0 Å². The van der Waals surface area contributed by atoms with Crippen molar-refractivity contribution in [2.75, 3.05) is 13.7 Å². The van der Waals surface area contributed by atoms with Crippen molar-refractivity contribution < 1.29 is 9.84 Å². The highest BCUT2D eigenvalue weighted by Crippen LogP contribution is 2.34. The van der Waals surface area contributed by atoms with Crippen molar-refractivity contribution >= 4 is 11.3 Å². The first-order valence-corrected chi connectivity index (χ1v) is 5.08. The zero-order valence-electron chi connectivity index (χ0n) is 7.86. The Kier molecular flexibility index (Phi) is 3.71. The Morgan fingerprint density at radius 3 is 2.92 bits per heavy atom. The first kappa shape index (κ1) is 10.5. The molecule has 2 atom stereocenters. The van der Waals surface area contributed by atoms with E-state index in [-0.39, 0.29) is 5.92 Å². The van der Waals surface area contributed by atoms with Gasteiger partial charge in [-0.1, -0.05) is 6.92 Å². The van der Waals surface area contributed by atoms with E-state index in [9.17, 15) is 5.11 Å². The fraction of sp³-hybridized carbons (Fsp3) is 0.556. The molecule has 0 saturated carbocycles. The van der Waals surface area contributed by atoms with Gasteiger partial charge in [-0.15, -0.1) is 11.3 Å². The molecule has 2 unspecified atom stereocenters. The van der Waals surface area contributed by atoms with Gasteiger partial charge in [0, 0.05) is 0 Å². The molecule has 1 heterocycles. The lowest BCUT2D eigenvalue weighted by Crippen LogP contribution is -2.18. The highest BCUT2D eigenvalue weighted by atomic mass is 32.1. The molecule has 0 aromatic carbocycles. The summed E-state index contributed by atoms with van der Waals surface area (Å²) in [5, 5.41) is 11.7.